The Morgan fingerprint density at radius 1 is 0.292 bits per heavy atom. The van der Waals surface area contributed by atoms with Crippen LogP contribution in [-0.4, -0.2) is 0 Å². The number of para-hydroxylation sites is 2. The molecule has 72 heavy (non-hydrogen) atoms. The van der Waals surface area contributed by atoms with E-state index in [9.17, 15) is 0 Å². The van der Waals surface area contributed by atoms with Crippen molar-refractivity contribution in [2.75, 3.05) is 9.80 Å². The van der Waals surface area contributed by atoms with Crippen molar-refractivity contribution in [1.29, 1.82) is 0 Å². The molecule has 348 valence electrons. The molecule has 2 heteroatoms. The largest absolute Gasteiger partial charge is 0.310 e. The molecule has 0 amide bonds. The first-order valence-electron chi connectivity index (χ1n) is 25.3. The van der Waals surface area contributed by atoms with Crippen molar-refractivity contribution in [3.8, 4) is 44.5 Å². The summed E-state index contributed by atoms with van der Waals surface area (Å²) in [7, 11) is 0. The van der Waals surface area contributed by atoms with Gasteiger partial charge in [0, 0.05) is 45.0 Å². The van der Waals surface area contributed by atoms with Gasteiger partial charge in [0.15, 0.2) is 0 Å². The van der Waals surface area contributed by atoms with Gasteiger partial charge < -0.3 is 9.80 Å². The molecule has 0 unspecified atom stereocenters. The smallest absolute Gasteiger partial charge is 0.0490 e. The number of aryl methyl sites for hydroxylation is 2. The molecule has 2 aliphatic rings. The maximum absolute atomic E-state index is 2.41. The molecule has 0 radical (unpaired) electrons. The van der Waals surface area contributed by atoms with Gasteiger partial charge in [-0.1, -0.05) is 210 Å². The average Bonchev–Trinajstić information content (AvgIpc) is 3.79. The van der Waals surface area contributed by atoms with Crippen molar-refractivity contribution < 1.29 is 0 Å². The molecule has 10 aromatic carbocycles. The first-order valence-corrected chi connectivity index (χ1v) is 25.3. The van der Waals surface area contributed by atoms with E-state index in [-0.39, 0.29) is 10.8 Å². The molecular formula is C70H58N2. The molecule has 0 bridgehead atoms. The third-order valence-corrected chi connectivity index (χ3v) is 15.6. The minimum Gasteiger partial charge on any atom is -0.310 e. The van der Waals surface area contributed by atoms with E-state index in [1.165, 1.54) is 101 Å². The molecule has 0 saturated heterocycles. The summed E-state index contributed by atoms with van der Waals surface area (Å²) in [4.78, 5) is 4.82. The Morgan fingerprint density at radius 2 is 0.597 bits per heavy atom. The third kappa shape index (κ3) is 7.76. The zero-order valence-corrected chi connectivity index (χ0v) is 42.0. The summed E-state index contributed by atoms with van der Waals surface area (Å²) in [5.74, 6) is 0. The third-order valence-electron chi connectivity index (χ3n) is 15.6. The quantitative estimate of drug-likeness (QED) is 0.126. The van der Waals surface area contributed by atoms with Gasteiger partial charge in [-0.2, -0.15) is 0 Å². The predicted molar refractivity (Wildman–Crippen MR) is 307 cm³/mol. The van der Waals surface area contributed by atoms with Crippen LogP contribution in [0.15, 0.2) is 231 Å². The molecule has 0 spiro atoms. The molecule has 2 aliphatic carbocycles. The van der Waals surface area contributed by atoms with E-state index in [2.05, 4.69) is 294 Å². The Bertz CT molecular complexity index is 3440. The molecule has 0 aromatic heterocycles. The highest BCUT2D eigenvalue weighted by Gasteiger charge is 2.37. The molecular weight excluding hydrogens is 869 g/mol. The number of hydrogen-bond donors (Lipinski definition) is 0. The average molecular weight is 927 g/mol. The lowest BCUT2D eigenvalue weighted by atomic mass is 9.82. The summed E-state index contributed by atoms with van der Waals surface area (Å²) in [6.45, 7) is 13.8. The molecule has 10 aromatic rings. The zero-order chi connectivity index (χ0) is 49.1. The summed E-state index contributed by atoms with van der Waals surface area (Å²) in [6, 6.07) is 84.9. The fraction of sp³-hybridized carbons (Fsp3) is 0.114. The second-order valence-corrected chi connectivity index (χ2v) is 20.7. The zero-order valence-electron chi connectivity index (χ0n) is 42.0. The fourth-order valence-electron chi connectivity index (χ4n) is 11.5. The van der Waals surface area contributed by atoms with Gasteiger partial charge in [-0.05, 0) is 164 Å². The predicted octanol–water partition coefficient (Wildman–Crippen LogP) is 19.4. The van der Waals surface area contributed by atoms with Crippen LogP contribution in [0.4, 0.5) is 34.1 Å². The minimum atomic E-state index is -0.0761. The second kappa shape index (κ2) is 17.7. The Hall–Kier alpha value is -8.46. The number of hydrogen-bond acceptors (Lipinski definition) is 2. The molecule has 0 atom stereocenters. The van der Waals surface area contributed by atoms with E-state index in [4.69, 9.17) is 0 Å². The summed E-state index contributed by atoms with van der Waals surface area (Å²) < 4.78 is 0. The minimum absolute atomic E-state index is 0.0761. The van der Waals surface area contributed by atoms with Gasteiger partial charge >= 0.3 is 0 Å². The summed E-state index contributed by atoms with van der Waals surface area (Å²) in [5.41, 5.74) is 27.2. The highest BCUT2D eigenvalue weighted by molar-refractivity contribution is 5.89. The van der Waals surface area contributed by atoms with Gasteiger partial charge in [0.2, 0.25) is 0 Å². The highest BCUT2D eigenvalue weighted by Crippen LogP contribution is 2.52. The molecule has 12 rings (SSSR count). The standard InChI is InChI=1S/C70H58N2/c1-47-15-7-13-21-67(47)71(57-41-43-61-59-17-9-11-19-63(59)69(3,4)65(61)45-57)55-37-33-53(34-38-55)51-29-25-49(26-30-51)23-24-50-27-31-52(32-28-50)54-35-39-56(40-36-54)72(68-22-14-8-16-48(68)2)58-42-44-62-60-18-10-12-20-64(60)70(5,6)66(62)46-58/h7-46H,1-6H3/b24-23+. The van der Waals surface area contributed by atoms with Crippen LogP contribution in [0.5, 0.6) is 0 Å². The number of nitrogens with zero attached hydrogens (tertiary/aromatic N) is 2. The molecule has 0 fully saturated rings. The lowest BCUT2D eigenvalue weighted by Crippen LogP contribution is -2.16. The molecule has 2 nitrogen and oxygen atoms in total. The van der Waals surface area contributed by atoms with E-state index >= 15 is 0 Å². The summed E-state index contributed by atoms with van der Waals surface area (Å²) >= 11 is 0. The Labute approximate surface area is 425 Å². The first kappa shape index (κ1) is 44.7. The second-order valence-electron chi connectivity index (χ2n) is 20.7. The number of fused-ring (bicyclic) bond motifs is 6. The Kier molecular flexibility index (Phi) is 11.0. The van der Waals surface area contributed by atoms with Crippen LogP contribution in [0, 0.1) is 13.8 Å². The highest BCUT2D eigenvalue weighted by atomic mass is 15.1. The van der Waals surface area contributed by atoms with Crippen LogP contribution < -0.4 is 9.80 Å². The number of benzene rings is 10. The summed E-state index contributed by atoms with van der Waals surface area (Å²) in [5, 5.41) is 0. The van der Waals surface area contributed by atoms with Crippen LogP contribution in [0.3, 0.4) is 0 Å². The van der Waals surface area contributed by atoms with E-state index < -0.39 is 0 Å². The first-order chi connectivity index (χ1) is 35.0. The lowest BCUT2D eigenvalue weighted by molar-refractivity contribution is 0.660. The van der Waals surface area contributed by atoms with Crippen molar-refractivity contribution in [3.05, 3.63) is 275 Å². The lowest BCUT2D eigenvalue weighted by Gasteiger charge is -2.29. The van der Waals surface area contributed by atoms with E-state index in [0.29, 0.717) is 0 Å². The number of rotatable bonds is 10. The van der Waals surface area contributed by atoms with Gasteiger partial charge in [-0.3, -0.25) is 0 Å². The Morgan fingerprint density at radius 3 is 0.972 bits per heavy atom. The van der Waals surface area contributed by atoms with Crippen LogP contribution >= 0.6 is 0 Å². The van der Waals surface area contributed by atoms with Crippen molar-refractivity contribution in [3.63, 3.8) is 0 Å². The molecule has 0 aliphatic heterocycles. The SMILES string of the molecule is Cc1ccccc1N(c1ccc(-c2ccc(/C=C/c3ccc(-c4ccc(N(c5ccc6c(c5)C(C)(C)c5ccccc5-6)c5ccccc5C)cc4)cc3)cc2)cc1)c1ccc2c(c1)C(C)(C)c1ccccc1-2. The van der Waals surface area contributed by atoms with Gasteiger partial charge in [-0.15, -0.1) is 0 Å². The summed E-state index contributed by atoms with van der Waals surface area (Å²) in [6.07, 6.45) is 4.40. The fourth-order valence-corrected chi connectivity index (χ4v) is 11.5. The van der Waals surface area contributed by atoms with Crippen molar-refractivity contribution in [1.82, 2.24) is 0 Å². The van der Waals surface area contributed by atoms with Gasteiger partial charge in [0.25, 0.3) is 0 Å². The maximum Gasteiger partial charge on any atom is 0.0490 e. The van der Waals surface area contributed by atoms with E-state index in [0.717, 1.165) is 22.5 Å². The molecule has 0 heterocycles. The monoisotopic (exact) mass is 926 g/mol. The van der Waals surface area contributed by atoms with E-state index in [1.54, 1.807) is 0 Å². The molecule has 0 saturated carbocycles. The van der Waals surface area contributed by atoms with Gasteiger partial charge in [0.05, 0.1) is 0 Å². The number of anilines is 6. The molecule has 0 N–H and O–H groups in total. The van der Waals surface area contributed by atoms with Crippen LogP contribution in [-0.2, 0) is 10.8 Å². The van der Waals surface area contributed by atoms with Crippen LogP contribution in [0.1, 0.15) is 72.2 Å². The van der Waals surface area contributed by atoms with Crippen molar-refractivity contribution in [2.45, 2.75) is 52.4 Å². The normalized spacial score (nSPS) is 13.6. The van der Waals surface area contributed by atoms with Gasteiger partial charge in [-0.25, -0.2) is 0 Å². The van der Waals surface area contributed by atoms with Gasteiger partial charge in [0.1, 0.15) is 0 Å². The topological polar surface area (TPSA) is 6.48 Å². The van der Waals surface area contributed by atoms with Crippen LogP contribution in [0.25, 0.3) is 56.7 Å². The Balaban J connectivity index is 0.751. The van der Waals surface area contributed by atoms with Crippen LogP contribution in [0.2, 0.25) is 0 Å². The maximum atomic E-state index is 2.41. The van der Waals surface area contributed by atoms with Crippen molar-refractivity contribution in [2.24, 2.45) is 0 Å². The van der Waals surface area contributed by atoms with E-state index in [1.807, 2.05) is 0 Å². The van der Waals surface area contributed by atoms with Crippen molar-refractivity contribution >= 4 is 46.3 Å².